The molecule has 0 aliphatic rings. The van der Waals surface area contributed by atoms with Gasteiger partial charge in [-0.25, -0.2) is 0 Å². The Bertz CT molecular complexity index is 218. The Kier molecular flexibility index (Phi) is 19.1. The van der Waals surface area contributed by atoms with Crippen LogP contribution in [0.1, 0.15) is 96.8 Å². The van der Waals surface area contributed by atoms with Crippen LogP contribution in [0.4, 0.5) is 0 Å². The van der Waals surface area contributed by atoms with Crippen molar-refractivity contribution in [2.45, 2.75) is 103 Å². The molecular weight excluding hydrogens is 288 g/mol. The summed E-state index contributed by atoms with van der Waals surface area (Å²) in [6, 6.07) is 0. The van der Waals surface area contributed by atoms with E-state index in [0.29, 0.717) is 0 Å². The van der Waals surface area contributed by atoms with E-state index in [1.54, 1.807) is 6.08 Å². The Balaban J connectivity index is 2.98. The van der Waals surface area contributed by atoms with Crippen LogP contribution in [0.5, 0.6) is 0 Å². The molecule has 1 unspecified atom stereocenters. The monoisotopic (exact) mass is 328 g/mol. The summed E-state index contributed by atoms with van der Waals surface area (Å²) in [5, 5.41) is 9.33. The first-order chi connectivity index (χ1) is 10.8. The average molecular weight is 329 g/mol. The van der Waals surface area contributed by atoms with Crippen LogP contribution in [0.15, 0.2) is 12.7 Å². The zero-order chi connectivity index (χ0) is 16.3. The van der Waals surface area contributed by atoms with E-state index in [9.17, 15) is 5.11 Å². The molecule has 2 heteroatoms. The molecule has 1 atom stereocenters. The van der Waals surface area contributed by atoms with Gasteiger partial charge >= 0.3 is 0 Å². The Morgan fingerprint density at radius 2 is 1.18 bits per heavy atom. The largest absolute Gasteiger partial charge is 0.388 e. The third-order valence-electron chi connectivity index (χ3n) is 4.20. The summed E-state index contributed by atoms with van der Waals surface area (Å²) in [7, 11) is 0. The summed E-state index contributed by atoms with van der Waals surface area (Å²) in [5.74, 6) is 1.99. The lowest BCUT2D eigenvalue weighted by Crippen LogP contribution is -2.05. The lowest BCUT2D eigenvalue weighted by atomic mass is 10.0. The van der Waals surface area contributed by atoms with Gasteiger partial charge < -0.3 is 5.11 Å². The molecular formula is C20H40OS. The zero-order valence-electron chi connectivity index (χ0n) is 15.0. The van der Waals surface area contributed by atoms with Crippen LogP contribution >= 0.6 is 11.8 Å². The van der Waals surface area contributed by atoms with Gasteiger partial charge in [0.15, 0.2) is 0 Å². The fraction of sp³-hybridized carbons (Fsp3) is 0.900. The standard InChI is InChI=1S/C20H40OS/c1-3-5-6-7-8-9-10-11-12-13-14-15-16-17-18-22-19-20(21)4-2/h4,20-21H,2-3,5-19H2,1H3. The van der Waals surface area contributed by atoms with Gasteiger partial charge in [-0.3, -0.25) is 0 Å². The molecule has 132 valence electrons. The predicted molar refractivity (Wildman–Crippen MR) is 104 cm³/mol. The van der Waals surface area contributed by atoms with Crippen LogP contribution in [-0.2, 0) is 0 Å². The Morgan fingerprint density at radius 3 is 1.59 bits per heavy atom. The molecule has 0 spiro atoms. The van der Waals surface area contributed by atoms with Crippen molar-refractivity contribution in [3.8, 4) is 0 Å². The number of hydrogen-bond acceptors (Lipinski definition) is 2. The van der Waals surface area contributed by atoms with E-state index in [2.05, 4.69) is 13.5 Å². The first-order valence-corrected chi connectivity index (χ1v) is 10.8. The van der Waals surface area contributed by atoms with E-state index >= 15 is 0 Å². The highest BCUT2D eigenvalue weighted by Crippen LogP contribution is 2.14. The van der Waals surface area contributed by atoms with Crippen molar-refractivity contribution in [3.63, 3.8) is 0 Å². The molecule has 0 aliphatic heterocycles. The SMILES string of the molecule is C=CC(O)CSCCCCCCCCCCCCCCCC. The van der Waals surface area contributed by atoms with Crippen LogP contribution in [0.2, 0.25) is 0 Å². The van der Waals surface area contributed by atoms with Gasteiger partial charge in [-0.1, -0.05) is 96.5 Å². The first kappa shape index (κ1) is 22.1. The fourth-order valence-corrected chi connectivity index (χ4v) is 3.62. The smallest absolute Gasteiger partial charge is 0.0808 e. The molecule has 0 amide bonds. The average Bonchev–Trinajstić information content (AvgIpc) is 2.54. The highest BCUT2D eigenvalue weighted by molar-refractivity contribution is 7.99. The molecule has 0 fully saturated rings. The third kappa shape index (κ3) is 18.1. The molecule has 0 saturated heterocycles. The van der Waals surface area contributed by atoms with Crippen LogP contribution in [0.3, 0.4) is 0 Å². The molecule has 0 aromatic rings. The Hall–Kier alpha value is 0.0500. The van der Waals surface area contributed by atoms with E-state index in [4.69, 9.17) is 0 Å². The summed E-state index contributed by atoms with van der Waals surface area (Å²) < 4.78 is 0. The van der Waals surface area contributed by atoms with E-state index in [1.165, 1.54) is 95.6 Å². The van der Waals surface area contributed by atoms with Crippen LogP contribution in [0, 0.1) is 0 Å². The van der Waals surface area contributed by atoms with E-state index in [-0.39, 0.29) is 6.10 Å². The van der Waals surface area contributed by atoms with Gasteiger partial charge in [-0.15, -0.1) is 6.58 Å². The molecule has 0 bridgehead atoms. The lowest BCUT2D eigenvalue weighted by Gasteiger charge is -2.05. The Morgan fingerprint density at radius 1 is 0.773 bits per heavy atom. The Labute approximate surface area is 144 Å². The normalized spacial score (nSPS) is 12.5. The minimum atomic E-state index is -0.323. The first-order valence-electron chi connectivity index (χ1n) is 9.69. The molecule has 1 N–H and O–H groups in total. The van der Waals surface area contributed by atoms with Crippen LogP contribution in [0.25, 0.3) is 0 Å². The molecule has 1 nitrogen and oxygen atoms in total. The molecule has 0 radical (unpaired) electrons. The molecule has 0 saturated carbocycles. The van der Waals surface area contributed by atoms with Gasteiger partial charge in [0, 0.05) is 5.75 Å². The maximum atomic E-state index is 9.33. The second-order valence-corrected chi connectivity index (χ2v) is 7.62. The summed E-state index contributed by atoms with van der Waals surface area (Å²) in [6.45, 7) is 5.87. The number of rotatable bonds is 18. The topological polar surface area (TPSA) is 20.2 Å². The highest BCUT2D eigenvalue weighted by Gasteiger charge is 1.98. The van der Waals surface area contributed by atoms with Crippen molar-refractivity contribution < 1.29 is 5.11 Å². The van der Waals surface area contributed by atoms with E-state index in [0.717, 1.165) is 5.75 Å². The molecule has 0 aromatic heterocycles. The summed E-state index contributed by atoms with van der Waals surface area (Å²) in [5.41, 5.74) is 0. The highest BCUT2D eigenvalue weighted by atomic mass is 32.2. The summed E-state index contributed by atoms with van der Waals surface area (Å²) in [4.78, 5) is 0. The minimum Gasteiger partial charge on any atom is -0.388 e. The number of hydrogen-bond donors (Lipinski definition) is 1. The van der Waals surface area contributed by atoms with Crippen molar-refractivity contribution in [1.82, 2.24) is 0 Å². The second-order valence-electron chi connectivity index (χ2n) is 6.47. The van der Waals surface area contributed by atoms with Gasteiger partial charge in [0.25, 0.3) is 0 Å². The van der Waals surface area contributed by atoms with Crippen LogP contribution < -0.4 is 0 Å². The maximum absolute atomic E-state index is 9.33. The van der Waals surface area contributed by atoms with E-state index in [1.807, 2.05) is 11.8 Å². The third-order valence-corrected chi connectivity index (χ3v) is 5.36. The summed E-state index contributed by atoms with van der Waals surface area (Å²) >= 11 is 1.85. The van der Waals surface area contributed by atoms with Crippen molar-refractivity contribution >= 4 is 11.8 Å². The van der Waals surface area contributed by atoms with Crippen molar-refractivity contribution in [1.29, 1.82) is 0 Å². The molecule has 22 heavy (non-hydrogen) atoms. The molecule has 0 aliphatic carbocycles. The van der Waals surface area contributed by atoms with Gasteiger partial charge in [-0.2, -0.15) is 11.8 Å². The van der Waals surface area contributed by atoms with Crippen LogP contribution in [-0.4, -0.2) is 22.7 Å². The van der Waals surface area contributed by atoms with Gasteiger partial charge in [0.1, 0.15) is 0 Å². The van der Waals surface area contributed by atoms with Crippen molar-refractivity contribution in [2.24, 2.45) is 0 Å². The minimum absolute atomic E-state index is 0.323. The summed E-state index contributed by atoms with van der Waals surface area (Å²) in [6.07, 6.45) is 21.1. The van der Waals surface area contributed by atoms with Crippen molar-refractivity contribution in [2.75, 3.05) is 11.5 Å². The fourth-order valence-electron chi connectivity index (χ4n) is 2.67. The second kappa shape index (κ2) is 19.1. The lowest BCUT2D eigenvalue weighted by molar-refractivity contribution is 0.249. The number of unbranched alkanes of at least 4 members (excludes halogenated alkanes) is 13. The molecule has 0 aromatic carbocycles. The number of aliphatic hydroxyl groups is 1. The maximum Gasteiger partial charge on any atom is 0.0808 e. The number of aliphatic hydroxyl groups excluding tert-OH is 1. The number of thioether (sulfide) groups is 1. The van der Waals surface area contributed by atoms with Gasteiger partial charge in [0.2, 0.25) is 0 Å². The molecule has 0 heterocycles. The van der Waals surface area contributed by atoms with Gasteiger partial charge in [-0.05, 0) is 12.2 Å². The van der Waals surface area contributed by atoms with Crippen molar-refractivity contribution in [3.05, 3.63) is 12.7 Å². The van der Waals surface area contributed by atoms with Gasteiger partial charge in [0.05, 0.1) is 6.10 Å². The quantitative estimate of drug-likeness (QED) is 0.222. The van der Waals surface area contributed by atoms with E-state index < -0.39 is 0 Å². The predicted octanol–water partition coefficient (Wildman–Crippen LogP) is 6.75. The zero-order valence-corrected chi connectivity index (χ0v) is 15.8. The molecule has 0 rings (SSSR count).